The van der Waals surface area contributed by atoms with Crippen LogP contribution < -0.4 is 5.73 Å². The minimum absolute atomic E-state index is 0.374. The molecule has 2 heterocycles. The van der Waals surface area contributed by atoms with Crippen LogP contribution in [-0.4, -0.2) is 26.3 Å². The molecule has 2 N–H and O–H groups in total. The number of nitrogens with two attached hydrogens (primary N) is 1. The molecule has 0 aliphatic carbocycles. The van der Waals surface area contributed by atoms with Crippen molar-refractivity contribution in [2.24, 2.45) is 10.8 Å². The van der Waals surface area contributed by atoms with Gasteiger partial charge in [-0.1, -0.05) is 65.8 Å². The van der Waals surface area contributed by atoms with Gasteiger partial charge in [-0.2, -0.15) is 9.78 Å². The maximum atomic E-state index is 6.37. The Balaban J connectivity index is 1.73. The van der Waals surface area contributed by atoms with Gasteiger partial charge in [0.1, 0.15) is 0 Å². The lowest BCUT2D eigenvalue weighted by Crippen LogP contribution is -2.20. The molecular weight excluding hydrogens is 342 g/mol. The number of hydrogen-bond donors (Lipinski definition) is 1. The Morgan fingerprint density at radius 1 is 1.04 bits per heavy atom. The molecule has 1 aromatic heterocycles. The summed E-state index contributed by atoms with van der Waals surface area (Å²) in [4.78, 5) is 0. The van der Waals surface area contributed by atoms with Crippen molar-refractivity contribution in [3.05, 3.63) is 76.6 Å². The van der Waals surface area contributed by atoms with Gasteiger partial charge in [0.25, 0.3) is 0 Å². The van der Waals surface area contributed by atoms with Gasteiger partial charge in [0.15, 0.2) is 5.82 Å². The predicted octanol–water partition coefficient (Wildman–Crippen LogP) is 3.34. The fourth-order valence-electron chi connectivity index (χ4n) is 2.53. The first-order valence-electron chi connectivity index (χ1n) is 7.45. The standard InChI is InChI=1S/C17H14ClN5S/c18-13-8-6-11(7-9-13)14-10-24-17-21-20-16(23(17)22-14)15(19)12-4-2-1-3-5-12/h1-9,15H,10,19H2. The highest BCUT2D eigenvalue weighted by molar-refractivity contribution is 7.99. The molecule has 0 bridgehead atoms. The zero-order chi connectivity index (χ0) is 16.5. The third-order valence-electron chi connectivity index (χ3n) is 3.81. The molecule has 0 saturated carbocycles. The maximum absolute atomic E-state index is 6.37. The monoisotopic (exact) mass is 355 g/mol. The van der Waals surface area contributed by atoms with E-state index in [1.807, 2.05) is 54.6 Å². The van der Waals surface area contributed by atoms with Crippen LogP contribution in [0.2, 0.25) is 5.02 Å². The average molecular weight is 356 g/mol. The molecule has 1 aliphatic heterocycles. The minimum Gasteiger partial charge on any atom is -0.318 e. The van der Waals surface area contributed by atoms with Crippen molar-refractivity contribution < 1.29 is 0 Å². The Morgan fingerprint density at radius 2 is 1.79 bits per heavy atom. The number of aromatic nitrogens is 3. The van der Waals surface area contributed by atoms with Crippen molar-refractivity contribution in [1.82, 2.24) is 14.9 Å². The van der Waals surface area contributed by atoms with Crippen LogP contribution in [0.1, 0.15) is 23.0 Å². The van der Waals surface area contributed by atoms with Gasteiger partial charge >= 0.3 is 0 Å². The number of benzene rings is 2. The van der Waals surface area contributed by atoms with E-state index in [4.69, 9.17) is 22.4 Å². The Hall–Kier alpha value is -2.15. The topological polar surface area (TPSA) is 69.1 Å². The van der Waals surface area contributed by atoms with E-state index in [9.17, 15) is 0 Å². The zero-order valence-electron chi connectivity index (χ0n) is 12.6. The first-order chi connectivity index (χ1) is 11.7. The summed E-state index contributed by atoms with van der Waals surface area (Å²) in [6.45, 7) is 0. The summed E-state index contributed by atoms with van der Waals surface area (Å²) < 4.78 is 1.75. The third kappa shape index (κ3) is 2.84. The molecule has 0 saturated heterocycles. The van der Waals surface area contributed by atoms with Crippen molar-refractivity contribution in [3.63, 3.8) is 0 Å². The molecule has 5 nitrogen and oxygen atoms in total. The largest absolute Gasteiger partial charge is 0.318 e. The molecule has 1 atom stereocenters. The lowest BCUT2D eigenvalue weighted by Gasteiger charge is -2.16. The van der Waals surface area contributed by atoms with Crippen LogP contribution in [0.3, 0.4) is 0 Å². The Morgan fingerprint density at radius 3 is 2.54 bits per heavy atom. The number of nitrogens with zero attached hydrogens (tertiary/aromatic N) is 4. The van der Waals surface area contributed by atoms with Crippen molar-refractivity contribution in [3.8, 4) is 0 Å². The number of thioether (sulfide) groups is 1. The molecule has 24 heavy (non-hydrogen) atoms. The predicted molar refractivity (Wildman–Crippen MR) is 96.6 cm³/mol. The third-order valence-corrected chi connectivity index (χ3v) is 4.99. The van der Waals surface area contributed by atoms with Crippen molar-refractivity contribution in [2.45, 2.75) is 11.2 Å². The van der Waals surface area contributed by atoms with E-state index in [-0.39, 0.29) is 6.04 Å². The molecule has 0 spiro atoms. The fraction of sp³-hybridized carbons (Fsp3) is 0.118. The van der Waals surface area contributed by atoms with Crippen LogP contribution in [0.15, 0.2) is 64.9 Å². The van der Waals surface area contributed by atoms with Crippen molar-refractivity contribution >= 4 is 29.1 Å². The van der Waals surface area contributed by atoms with Crippen LogP contribution >= 0.6 is 23.4 Å². The van der Waals surface area contributed by atoms with Crippen LogP contribution in [0.5, 0.6) is 0 Å². The first-order valence-corrected chi connectivity index (χ1v) is 8.81. The van der Waals surface area contributed by atoms with E-state index in [0.717, 1.165) is 27.7 Å². The second-order valence-corrected chi connectivity index (χ2v) is 6.76. The van der Waals surface area contributed by atoms with Crippen molar-refractivity contribution in [2.75, 3.05) is 5.75 Å². The number of rotatable bonds is 3. The summed E-state index contributed by atoms with van der Waals surface area (Å²) in [5.74, 6) is 1.37. The van der Waals surface area contributed by atoms with Crippen LogP contribution in [0.4, 0.5) is 0 Å². The lowest BCUT2D eigenvalue weighted by atomic mass is 10.1. The first kappa shape index (κ1) is 15.4. The number of hydrogen-bond acceptors (Lipinski definition) is 5. The van der Waals surface area contributed by atoms with Gasteiger partial charge in [0, 0.05) is 10.8 Å². The molecule has 0 amide bonds. The Labute approximate surface area is 148 Å². The van der Waals surface area contributed by atoms with Crippen LogP contribution in [0, 0.1) is 0 Å². The molecule has 4 rings (SSSR count). The van der Waals surface area contributed by atoms with Gasteiger partial charge in [-0.3, -0.25) is 0 Å². The van der Waals surface area contributed by atoms with Gasteiger partial charge < -0.3 is 5.73 Å². The summed E-state index contributed by atoms with van der Waals surface area (Å²) in [7, 11) is 0. The van der Waals surface area contributed by atoms with Gasteiger partial charge in [-0.15, -0.1) is 10.2 Å². The van der Waals surface area contributed by atoms with Gasteiger partial charge in [0.05, 0.1) is 11.8 Å². The summed E-state index contributed by atoms with van der Waals surface area (Å²) in [6.07, 6.45) is 0. The highest BCUT2D eigenvalue weighted by Crippen LogP contribution is 2.28. The Kier molecular flexibility index (Phi) is 4.10. The van der Waals surface area contributed by atoms with Crippen molar-refractivity contribution in [1.29, 1.82) is 0 Å². The molecule has 2 aromatic carbocycles. The number of halogens is 1. The fourth-order valence-corrected chi connectivity index (χ4v) is 3.50. The SMILES string of the molecule is NC(c1ccccc1)c1nnc2n1N=C(c1ccc(Cl)cc1)CS2. The summed E-state index contributed by atoms with van der Waals surface area (Å²) >= 11 is 7.56. The van der Waals surface area contributed by atoms with E-state index in [0.29, 0.717) is 10.8 Å². The normalized spacial score (nSPS) is 14.8. The maximum Gasteiger partial charge on any atom is 0.212 e. The quantitative estimate of drug-likeness (QED) is 0.782. The molecule has 0 fully saturated rings. The summed E-state index contributed by atoms with van der Waals surface area (Å²) in [5.41, 5.74) is 9.33. The van der Waals surface area contributed by atoms with Gasteiger partial charge in [0.2, 0.25) is 5.16 Å². The van der Waals surface area contributed by atoms with E-state index < -0.39 is 0 Å². The van der Waals surface area contributed by atoms with Gasteiger partial charge in [-0.25, -0.2) is 0 Å². The molecule has 3 aromatic rings. The Bertz CT molecular complexity index is 889. The summed E-state index contributed by atoms with van der Waals surface area (Å²) in [6, 6.07) is 17.1. The highest BCUT2D eigenvalue weighted by atomic mass is 35.5. The summed E-state index contributed by atoms with van der Waals surface area (Å²) in [5, 5.41) is 14.7. The molecule has 7 heteroatoms. The smallest absolute Gasteiger partial charge is 0.212 e. The van der Waals surface area contributed by atoms with E-state index in [2.05, 4.69) is 10.2 Å². The molecule has 1 unspecified atom stereocenters. The zero-order valence-corrected chi connectivity index (χ0v) is 14.2. The van der Waals surface area contributed by atoms with E-state index in [1.165, 1.54) is 0 Å². The van der Waals surface area contributed by atoms with Crippen LogP contribution in [0.25, 0.3) is 0 Å². The van der Waals surface area contributed by atoms with E-state index >= 15 is 0 Å². The molecule has 1 aliphatic rings. The second-order valence-electron chi connectivity index (χ2n) is 5.38. The highest BCUT2D eigenvalue weighted by Gasteiger charge is 2.24. The number of fused-ring (bicyclic) bond motifs is 1. The molecule has 120 valence electrons. The molecule has 0 radical (unpaired) electrons. The molecular formula is C17H14ClN5S. The second kappa shape index (κ2) is 6.39. The van der Waals surface area contributed by atoms with E-state index in [1.54, 1.807) is 16.4 Å². The minimum atomic E-state index is -0.374. The lowest BCUT2D eigenvalue weighted by molar-refractivity contribution is 0.666. The van der Waals surface area contributed by atoms with Gasteiger partial charge in [-0.05, 0) is 23.3 Å². The van der Waals surface area contributed by atoms with Crippen LogP contribution in [-0.2, 0) is 0 Å². The average Bonchev–Trinajstić information content (AvgIpc) is 3.05.